The van der Waals surface area contributed by atoms with Gasteiger partial charge in [0.25, 0.3) is 0 Å². The lowest BCUT2D eigenvalue weighted by Crippen LogP contribution is -2.27. The predicted octanol–water partition coefficient (Wildman–Crippen LogP) is 0.394. The molecule has 78 valence electrons. The van der Waals surface area contributed by atoms with Gasteiger partial charge in [-0.15, -0.1) is 11.6 Å². The first-order valence-corrected chi connectivity index (χ1v) is 4.74. The third-order valence-corrected chi connectivity index (χ3v) is 1.51. The Balaban J connectivity index is 3.02. The molecular formula is C8H16ClNO3. The molecule has 0 aromatic rings. The molecule has 0 aliphatic rings. The van der Waals surface area contributed by atoms with Crippen LogP contribution in [0.1, 0.15) is 6.42 Å². The number of methoxy groups -OCH3 is 1. The largest absolute Gasteiger partial charge is 0.382 e. The normalized spacial score (nSPS) is 10.0. The van der Waals surface area contributed by atoms with Crippen LogP contribution in [0.3, 0.4) is 0 Å². The average molecular weight is 210 g/mol. The molecule has 0 fully saturated rings. The fourth-order valence-electron chi connectivity index (χ4n) is 0.681. The highest BCUT2D eigenvalue weighted by Crippen LogP contribution is 1.83. The molecule has 0 aliphatic heterocycles. The molecule has 1 N–H and O–H groups in total. The quantitative estimate of drug-likeness (QED) is 0.465. The van der Waals surface area contributed by atoms with Crippen LogP contribution in [-0.4, -0.2) is 45.3 Å². The summed E-state index contributed by atoms with van der Waals surface area (Å²) in [6, 6.07) is 0. The highest BCUT2D eigenvalue weighted by atomic mass is 35.5. The van der Waals surface area contributed by atoms with E-state index in [9.17, 15) is 4.79 Å². The number of carbonyl (C=O) groups excluding carboxylic acids is 1. The maximum Gasteiger partial charge on any atom is 0.221 e. The number of amides is 1. The average Bonchev–Trinajstić information content (AvgIpc) is 2.11. The van der Waals surface area contributed by atoms with Gasteiger partial charge in [0.2, 0.25) is 5.91 Å². The minimum atomic E-state index is -0.0367. The topological polar surface area (TPSA) is 47.6 Å². The first-order chi connectivity index (χ1) is 6.31. The molecule has 0 heterocycles. The number of halogens is 1. The van der Waals surface area contributed by atoms with E-state index in [0.29, 0.717) is 38.7 Å². The van der Waals surface area contributed by atoms with Crippen LogP contribution < -0.4 is 5.32 Å². The van der Waals surface area contributed by atoms with Gasteiger partial charge < -0.3 is 14.8 Å². The van der Waals surface area contributed by atoms with E-state index in [1.165, 1.54) is 0 Å². The third kappa shape index (κ3) is 9.60. The van der Waals surface area contributed by atoms with Gasteiger partial charge in [-0.05, 0) is 0 Å². The summed E-state index contributed by atoms with van der Waals surface area (Å²) in [6.07, 6.45) is 0.361. The zero-order valence-electron chi connectivity index (χ0n) is 7.85. The van der Waals surface area contributed by atoms with Crippen LogP contribution in [0.25, 0.3) is 0 Å². The summed E-state index contributed by atoms with van der Waals surface area (Å²) in [7, 11) is 1.62. The van der Waals surface area contributed by atoms with E-state index in [1.807, 2.05) is 0 Å². The Hall–Kier alpha value is -0.320. The maximum absolute atomic E-state index is 10.9. The Kier molecular flexibility index (Phi) is 9.53. The zero-order chi connectivity index (χ0) is 9.94. The molecule has 0 aliphatic carbocycles. The summed E-state index contributed by atoms with van der Waals surface area (Å²) >= 11 is 5.37. The first-order valence-electron chi connectivity index (χ1n) is 4.20. The Morgan fingerprint density at radius 1 is 1.38 bits per heavy atom. The van der Waals surface area contributed by atoms with E-state index < -0.39 is 0 Å². The summed E-state index contributed by atoms with van der Waals surface area (Å²) in [5.41, 5.74) is 0. The molecule has 5 heteroatoms. The molecule has 0 saturated carbocycles. The van der Waals surface area contributed by atoms with Gasteiger partial charge in [0, 0.05) is 26.0 Å². The van der Waals surface area contributed by atoms with Crippen molar-refractivity contribution in [2.24, 2.45) is 0 Å². The molecule has 0 spiro atoms. The Morgan fingerprint density at radius 3 is 2.77 bits per heavy atom. The lowest BCUT2D eigenvalue weighted by Gasteiger charge is -2.04. The van der Waals surface area contributed by atoms with Crippen molar-refractivity contribution in [2.75, 3.05) is 39.4 Å². The lowest BCUT2D eigenvalue weighted by molar-refractivity contribution is -0.120. The van der Waals surface area contributed by atoms with Crippen molar-refractivity contribution in [3.63, 3.8) is 0 Å². The summed E-state index contributed by atoms with van der Waals surface area (Å²) in [5.74, 6) is 0.321. The van der Waals surface area contributed by atoms with E-state index in [1.54, 1.807) is 7.11 Å². The van der Waals surface area contributed by atoms with Crippen molar-refractivity contribution in [1.82, 2.24) is 5.32 Å². The SMILES string of the molecule is COCCOCCNC(=O)CCCl. The summed E-state index contributed by atoms with van der Waals surface area (Å²) in [4.78, 5) is 10.9. The van der Waals surface area contributed by atoms with Crippen molar-refractivity contribution in [1.29, 1.82) is 0 Å². The van der Waals surface area contributed by atoms with Crippen molar-refractivity contribution in [2.45, 2.75) is 6.42 Å². The van der Waals surface area contributed by atoms with E-state index in [2.05, 4.69) is 5.32 Å². The fourth-order valence-corrected chi connectivity index (χ4v) is 0.853. The summed E-state index contributed by atoms with van der Waals surface area (Å²) in [6.45, 7) is 2.17. The van der Waals surface area contributed by atoms with Gasteiger partial charge in [0.05, 0.1) is 19.8 Å². The van der Waals surface area contributed by atoms with Crippen LogP contribution in [-0.2, 0) is 14.3 Å². The molecule has 0 unspecified atom stereocenters. The molecule has 1 amide bonds. The van der Waals surface area contributed by atoms with Gasteiger partial charge in [-0.1, -0.05) is 0 Å². The minimum Gasteiger partial charge on any atom is -0.382 e. The van der Waals surface area contributed by atoms with E-state index in [-0.39, 0.29) is 5.91 Å². The number of ether oxygens (including phenoxy) is 2. The molecule has 0 radical (unpaired) electrons. The van der Waals surface area contributed by atoms with Crippen LogP contribution in [0.5, 0.6) is 0 Å². The van der Waals surface area contributed by atoms with E-state index >= 15 is 0 Å². The molecule has 0 saturated heterocycles. The smallest absolute Gasteiger partial charge is 0.221 e. The Morgan fingerprint density at radius 2 is 2.15 bits per heavy atom. The highest BCUT2D eigenvalue weighted by molar-refractivity contribution is 6.18. The molecule has 0 bridgehead atoms. The van der Waals surface area contributed by atoms with E-state index in [4.69, 9.17) is 21.1 Å². The molecular weight excluding hydrogens is 194 g/mol. The number of hydrogen-bond donors (Lipinski definition) is 1. The highest BCUT2D eigenvalue weighted by Gasteiger charge is 1.97. The Labute approximate surface area is 83.5 Å². The van der Waals surface area contributed by atoms with Crippen LogP contribution in [0.4, 0.5) is 0 Å². The molecule has 0 aromatic heterocycles. The van der Waals surface area contributed by atoms with Gasteiger partial charge in [0.15, 0.2) is 0 Å². The predicted molar refractivity (Wildman–Crippen MR) is 51.0 cm³/mol. The third-order valence-electron chi connectivity index (χ3n) is 1.32. The summed E-state index contributed by atoms with van der Waals surface area (Å²) < 4.78 is 9.91. The molecule has 0 rings (SSSR count). The Bertz CT molecular complexity index is 133. The maximum atomic E-state index is 10.9. The first kappa shape index (κ1) is 12.7. The van der Waals surface area contributed by atoms with Gasteiger partial charge in [0.1, 0.15) is 0 Å². The zero-order valence-corrected chi connectivity index (χ0v) is 8.60. The van der Waals surface area contributed by atoms with Gasteiger partial charge in [-0.3, -0.25) is 4.79 Å². The molecule has 4 nitrogen and oxygen atoms in total. The number of alkyl halides is 1. The molecule has 0 atom stereocenters. The van der Waals surface area contributed by atoms with E-state index in [0.717, 1.165) is 0 Å². The van der Waals surface area contributed by atoms with Crippen LogP contribution in [0.15, 0.2) is 0 Å². The van der Waals surface area contributed by atoms with Crippen molar-refractivity contribution in [3.05, 3.63) is 0 Å². The second-order valence-electron chi connectivity index (χ2n) is 2.39. The van der Waals surface area contributed by atoms with Gasteiger partial charge in [-0.25, -0.2) is 0 Å². The number of hydrogen-bond acceptors (Lipinski definition) is 3. The second-order valence-corrected chi connectivity index (χ2v) is 2.77. The number of rotatable bonds is 8. The number of nitrogens with one attached hydrogen (secondary N) is 1. The molecule has 13 heavy (non-hydrogen) atoms. The van der Waals surface area contributed by atoms with Gasteiger partial charge >= 0.3 is 0 Å². The number of carbonyl (C=O) groups is 1. The minimum absolute atomic E-state index is 0.0367. The van der Waals surface area contributed by atoms with Crippen LogP contribution in [0.2, 0.25) is 0 Å². The fraction of sp³-hybridized carbons (Fsp3) is 0.875. The molecule has 0 aromatic carbocycles. The van der Waals surface area contributed by atoms with Crippen LogP contribution in [0, 0.1) is 0 Å². The van der Waals surface area contributed by atoms with Crippen molar-refractivity contribution < 1.29 is 14.3 Å². The monoisotopic (exact) mass is 209 g/mol. The summed E-state index contributed by atoms with van der Waals surface area (Å²) in [5, 5.41) is 2.67. The van der Waals surface area contributed by atoms with Crippen molar-refractivity contribution in [3.8, 4) is 0 Å². The van der Waals surface area contributed by atoms with Crippen LogP contribution >= 0.6 is 11.6 Å². The second kappa shape index (κ2) is 9.77. The standard InChI is InChI=1S/C8H16ClNO3/c1-12-6-7-13-5-4-10-8(11)2-3-9/h2-7H2,1H3,(H,10,11). The van der Waals surface area contributed by atoms with Crippen molar-refractivity contribution >= 4 is 17.5 Å². The van der Waals surface area contributed by atoms with Gasteiger partial charge in [-0.2, -0.15) is 0 Å². The lowest BCUT2D eigenvalue weighted by atomic mass is 10.4.